The highest BCUT2D eigenvalue weighted by Crippen LogP contribution is 2.30. The van der Waals surface area contributed by atoms with Crippen LogP contribution in [0.2, 0.25) is 0 Å². The van der Waals surface area contributed by atoms with Crippen molar-refractivity contribution in [3.05, 3.63) is 97.1 Å². The zero-order valence-corrected chi connectivity index (χ0v) is 21.7. The maximum Gasteiger partial charge on any atom is 0.411 e. The van der Waals surface area contributed by atoms with E-state index in [1.807, 2.05) is 0 Å². The lowest BCUT2D eigenvalue weighted by Crippen LogP contribution is -2.10. The minimum atomic E-state index is -3.80. The van der Waals surface area contributed by atoms with Crippen molar-refractivity contribution >= 4 is 33.4 Å². The Bertz CT molecular complexity index is 1460. The van der Waals surface area contributed by atoms with Gasteiger partial charge in [0.25, 0.3) is 0 Å². The molecule has 39 heavy (non-hydrogen) atoms. The molecule has 0 bridgehead atoms. The average molecular weight is 549 g/mol. The second-order valence-electron chi connectivity index (χ2n) is 7.94. The first-order valence-electron chi connectivity index (χ1n) is 11.5. The molecule has 0 heterocycles. The highest BCUT2D eigenvalue weighted by Gasteiger charge is 2.18. The number of ether oxygens (including phenoxy) is 4. The molecule has 4 rings (SSSR count). The first-order chi connectivity index (χ1) is 18.8. The molecule has 0 aromatic heterocycles. The number of sulfone groups is 1. The maximum absolute atomic E-state index is 13.1. The third kappa shape index (κ3) is 7.05. The number of rotatable bonds is 8. The van der Waals surface area contributed by atoms with Gasteiger partial charge in [-0.25, -0.2) is 18.0 Å². The Balaban J connectivity index is 1.43. The van der Waals surface area contributed by atoms with E-state index in [1.165, 1.54) is 38.5 Å². The van der Waals surface area contributed by atoms with Gasteiger partial charge in [0.2, 0.25) is 9.84 Å². The number of anilines is 2. The molecule has 0 aliphatic carbocycles. The van der Waals surface area contributed by atoms with Crippen LogP contribution in [-0.4, -0.2) is 34.8 Å². The monoisotopic (exact) mass is 548 g/mol. The summed E-state index contributed by atoms with van der Waals surface area (Å²) in [5.74, 6) is 1.72. The first-order valence-corrected chi connectivity index (χ1v) is 13.0. The molecule has 4 aromatic rings. The number of amides is 2. The fraction of sp³-hybridized carbons (Fsp3) is 0.0714. The Kier molecular flexibility index (Phi) is 8.32. The molecule has 0 aliphatic rings. The van der Waals surface area contributed by atoms with Crippen molar-refractivity contribution in [1.82, 2.24) is 0 Å². The van der Waals surface area contributed by atoms with Gasteiger partial charge in [-0.2, -0.15) is 0 Å². The fourth-order valence-electron chi connectivity index (χ4n) is 3.39. The normalized spacial score (nSPS) is 10.7. The Hall–Kier alpha value is -5.03. The van der Waals surface area contributed by atoms with E-state index in [2.05, 4.69) is 20.1 Å². The Morgan fingerprint density at radius 3 is 1.31 bits per heavy atom. The lowest BCUT2D eigenvalue weighted by Gasteiger charge is -2.11. The summed E-state index contributed by atoms with van der Waals surface area (Å²) in [6.07, 6.45) is -1.22. The van der Waals surface area contributed by atoms with Gasteiger partial charge >= 0.3 is 12.2 Å². The number of carbonyl (C=O) groups excluding carboxylic acids is 2. The summed E-state index contributed by atoms with van der Waals surface area (Å²) >= 11 is 0. The van der Waals surface area contributed by atoms with Crippen LogP contribution in [0, 0.1) is 0 Å². The summed E-state index contributed by atoms with van der Waals surface area (Å²) in [5, 5.41) is 5.09. The van der Waals surface area contributed by atoms with E-state index in [0.717, 1.165) is 0 Å². The molecule has 200 valence electrons. The molecule has 0 fully saturated rings. The summed E-state index contributed by atoms with van der Waals surface area (Å²) in [5.41, 5.74) is 0.966. The van der Waals surface area contributed by atoms with Gasteiger partial charge in [-0.05, 0) is 72.8 Å². The van der Waals surface area contributed by atoms with Crippen molar-refractivity contribution < 1.29 is 37.0 Å². The number of hydrogen-bond acceptors (Lipinski definition) is 8. The SMILES string of the molecule is COC(=O)Nc1cccc(Oc2ccc(S(=O)(=O)c3ccc(Oc4cccc(NC(=O)OC)c4)cc3)cc2)c1. The van der Waals surface area contributed by atoms with Crippen LogP contribution in [0.3, 0.4) is 0 Å². The van der Waals surface area contributed by atoms with Gasteiger partial charge in [0.05, 0.1) is 24.0 Å². The molecule has 0 saturated carbocycles. The van der Waals surface area contributed by atoms with Crippen LogP contribution in [0.15, 0.2) is 107 Å². The first kappa shape index (κ1) is 27.0. The van der Waals surface area contributed by atoms with Gasteiger partial charge in [-0.15, -0.1) is 0 Å². The van der Waals surface area contributed by atoms with Gasteiger partial charge in [-0.1, -0.05) is 12.1 Å². The van der Waals surface area contributed by atoms with Crippen LogP contribution in [0.5, 0.6) is 23.0 Å². The molecule has 2 N–H and O–H groups in total. The lowest BCUT2D eigenvalue weighted by molar-refractivity contribution is 0.186. The van der Waals surface area contributed by atoms with E-state index < -0.39 is 22.0 Å². The summed E-state index contributed by atoms with van der Waals surface area (Å²) < 4.78 is 47.0. The summed E-state index contributed by atoms with van der Waals surface area (Å²) in [4.78, 5) is 23.0. The zero-order chi connectivity index (χ0) is 27.8. The molecular formula is C28H24N2O8S. The zero-order valence-electron chi connectivity index (χ0n) is 20.9. The molecule has 0 radical (unpaired) electrons. The van der Waals surface area contributed by atoms with Crippen molar-refractivity contribution in [3.63, 3.8) is 0 Å². The third-order valence-electron chi connectivity index (χ3n) is 5.27. The smallest absolute Gasteiger partial charge is 0.411 e. The Morgan fingerprint density at radius 1 is 0.564 bits per heavy atom. The maximum atomic E-state index is 13.1. The number of nitrogens with one attached hydrogen (secondary N) is 2. The predicted octanol–water partition coefficient (Wildman–Crippen LogP) is 6.46. The molecule has 11 heteroatoms. The molecule has 0 aliphatic heterocycles. The van der Waals surface area contributed by atoms with Crippen LogP contribution >= 0.6 is 0 Å². The van der Waals surface area contributed by atoms with E-state index in [1.54, 1.807) is 72.8 Å². The minimum Gasteiger partial charge on any atom is -0.457 e. The van der Waals surface area contributed by atoms with Crippen LogP contribution < -0.4 is 20.1 Å². The van der Waals surface area contributed by atoms with Gasteiger partial charge in [0, 0.05) is 23.5 Å². The largest absolute Gasteiger partial charge is 0.457 e. The van der Waals surface area contributed by atoms with Crippen molar-refractivity contribution in [2.75, 3.05) is 24.9 Å². The second-order valence-corrected chi connectivity index (χ2v) is 9.89. The van der Waals surface area contributed by atoms with Crippen LogP contribution in [-0.2, 0) is 19.3 Å². The summed E-state index contributed by atoms with van der Waals surface area (Å²) in [6.45, 7) is 0. The van der Waals surface area contributed by atoms with Crippen LogP contribution in [0.1, 0.15) is 0 Å². The number of hydrogen-bond donors (Lipinski definition) is 2. The van der Waals surface area contributed by atoms with Gasteiger partial charge < -0.3 is 18.9 Å². The highest BCUT2D eigenvalue weighted by molar-refractivity contribution is 7.91. The Morgan fingerprint density at radius 2 is 0.949 bits per heavy atom. The molecule has 0 unspecified atom stereocenters. The number of benzene rings is 4. The van der Waals surface area contributed by atoms with Crippen molar-refractivity contribution in [2.45, 2.75) is 9.79 Å². The fourth-order valence-corrected chi connectivity index (χ4v) is 4.66. The quantitative estimate of drug-likeness (QED) is 0.257. The van der Waals surface area contributed by atoms with Gasteiger partial charge in [0.1, 0.15) is 23.0 Å². The van der Waals surface area contributed by atoms with E-state index in [9.17, 15) is 18.0 Å². The Labute approximate surface area is 225 Å². The number of carbonyl (C=O) groups is 2. The molecule has 0 atom stereocenters. The predicted molar refractivity (Wildman–Crippen MR) is 143 cm³/mol. The van der Waals surface area contributed by atoms with E-state index in [-0.39, 0.29) is 9.79 Å². The molecular weight excluding hydrogens is 524 g/mol. The van der Waals surface area contributed by atoms with E-state index >= 15 is 0 Å². The lowest BCUT2D eigenvalue weighted by atomic mass is 10.3. The van der Waals surface area contributed by atoms with Gasteiger partial charge in [0.15, 0.2) is 0 Å². The molecule has 0 spiro atoms. The second kappa shape index (κ2) is 12.0. The van der Waals surface area contributed by atoms with Crippen molar-refractivity contribution in [3.8, 4) is 23.0 Å². The van der Waals surface area contributed by atoms with Crippen molar-refractivity contribution in [1.29, 1.82) is 0 Å². The van der Waals surface area contributed by atoms with Gasteiger partial charge in [-0.3, -0.25) is 10.6 Å². The van der Waals surface area contributed by atoms with Crippen LogP contribution in [0.25, 0.3) is 0 Å². The standard InChI is InChI=1S/C28H24N2O8S/c1-35-27(31)29-19-5-3-7-23(17-19)37-21-9-13-25(14-10-21)39(33,34)26-15-11-22(12-16-26)38-24-8-4-6-20(18-24)30-28(32)36-2/h3-18H,1-2H3,(H,29,31)(H,30,32). The minimum absolute atomic E-state index is 0.0891. The van der Waals surface area contributed by atoms with Crippen LogP contribution in [0.4, 0.5) is 21.0 Å². The highest BCUT2D eigenvalue weighted by atomic mass is 32.2. The number of methoxy groups -OCH3 is 2. The van der Waals surface area contributed by atoms with E-state index in [4.69, 9.17) is 9.47 Å². The molecule has 10 nitrogen and oxygen atoms in total. The summed E-state index contributed by atoms with van der Waals surface area (Å²) in [7, 11) is -1.27. The topological polar surface area (TPSA) is 129 Å². The molecule has 4 aromatic carbocycles. The molecule has 2 amide bonds. The third-order valence-corrected chi connectivity index (χ3v) is 7.06. The molecule has 0 saturated heterocycles. The van der Waals surface area contributed by atoms with E-state index in [0.29, 0.717) is 34.4 Å². The van der Waals surface area contributed by atoms with Crippen molar-refractivity contribution in [2.24, 2.45) is 0 Å². The summed E-state index contributed by atoms with van der Waals surface area (Å²) in [6, 6.07) is 25.3. The average Bonchev–Trinajstić information content (AvgIpc) is 2.94.